The first-order chi connectivity index (χ1) is 14.1. The van der Waals surface area contributed by atoms with E-state index in [0.717, 1.165) is 42.6 Å². The third-order valence-corrected chi connectivity index (χ3v) is 5.36. The number of nitrogens with zero attached hydrogens (tertiary/aromatic N) is 4. The van der Waals surface area contributed by atoms with E-state index >= 15 is 0 Å². The number of non-ortho nitro benzene ring substituents is 1. The topological polar surface area (TPSA) is 101 Å². The number of amides is 1. The summed E-state index contributed by atoms with van der Waals surface area (Å²) in [5.74, 6) is 0.0279. The number of nitro groups is 1. The molecule has 0 saturated carbocycles. The second-order valence-corrected chi connectivity index (χ2v) is 7.12. The number of hydrogen-bond donors (Lipinski definition) is 1. The number of aromatic nitrogens is 2. The van der Waals surface area contributed by atoms with Crippen molar-refractivity contribution in [2.24, 2.45) is 5.92 Å². The van der Waals surface area contributed by atoms with Crippen molar-refractivity contribution >= 4 is 28.1 Å². The average Bonchev–Trinajstić information content (AvgIpc) is 2.77. The number of benzene rings is 1. The van der Waals surface area contributed by atoms with Crippen molar-refractivity contribution in [1.82, 2.24) is 15.3 Å². The summed E-state index contributed by atoms with van der Waals surface area (Å²) in [6.07, 6.45) is 8.12. The molecular formula is C21H21N5O3. The van der Waals surface area contributed by atoms with Gasteiger partial charge in [-0.3, -0.25) is 24.9 Å². The number of carbonyl (C=O) groups is 1. The van der Waals surface area contributed by atoms with E-state index < -0.39 is 0 Å². The smallest absolute Gasteiger partial charge is 0.278 e. The molecule has 1 fully saturated rings. The number of nitrogens with one attached hydrogen (secondary N) is 1. The Labute approximate surface area is 167 Å². The molecule has 1 aliphatic heterocycles. The minimum Gasteiger partial charge on any atom is -0.371 e. The number of hydrogen-bond acceptors (Lipinski definition) is 6. The van der Waals surface area contributed by atoms with E-state index in [9.17, 15) is 14.9 Å². The number of rotatable bonds is 5. The minimum absolute atomic E-state index is 0.0334. The van der Waals surface area contributed by atoms with Crippen LogP contribution >= 0.6 is 0 Å². The number of fused-ring (bicyclic) bond motifs is 1. The Balaban J connectivity index is 1.43. The zero-order chi connectivity index (χ0) is 20.2. The second kappa shape index (κ2) is 8.22. The quantitative estimate of drug-likeness (QED) is 0.530. The molecule has 0 atom stereocenters. The summed E-state index contributed by atoms with van der Waals surface area (Å²) in [7, 11) is 0. The van der Waals surface area contributed by atoms with E-state index in [1.165, 1.54) is 12.3 Å². The minimum atomic E-state index is -0.382. The molecule has 29 heavy (non-hydrogen) atoms. The molecule has 0 aliphatic carbocycles. The molecule has 0 bridgehead atoms. The molecule has 2 aromatic heterocycles. The molecule has 148 valence electrons. The summed E-state index contributed by atoms with van der Waals surface area (Å²) in [4.78, 5) is 33.7. The summed E-state index contributed by atoms with van der Waals surface area (Å²) >= 11 is 0. The van der Waals surface area contributed by atoms with Gasteiger partial charge in [-0.25, -0.2) is 0 Å². The number of nitro benzene ring substituents is 1. The van der Waals surface area contributed by atoms with Crippen LogP contribution in [0.2, 0.25) is 0 Å². The van der Waals surface area contributed by atoms with Gasteiger partial charge >= 0.3 is 0 Å². The molecule has 8 nitrogen and oxygen atoms in total. The SMILES string of the molecule is O=C(NCc1cccnc1)C1CCN(c2ccc([N+](=O)[O-])c3cnccc23)CC1. The van der Waals surface area contributed by atoms with Crippen LogP contribution in [0.4, 0.5) is 11.4 Å². The normalized spacial score (nSPS) is 14.7. The van der Waals surface area contributed by atoms with Crippen molar-refractivity contribution in [1.29, 1.82) is 0 Å². The molecule has 1 amide bonds. The van der Waals surface area contributed by atoms with Gasteiger partial charge in [0.2, 0.25) is 5.91 Å². The lowest BCUT2D eigenvalue weighted by Crippen LogP contribution is -2.40. The van der Waals surface area contributed by atoms with Gasteiger partial charge in [0.15, 0.2) is 0 Å². The van der Waals surface area contributed by atoms with Gasteiger partial charge < -0.3 is 10.2 Å². The molecule has 1 aliphatic rings. The van der Waals surface area contributed by atoms with E-state index in [-0.39, 0.29) is 22.4 Å². The molecule has 8 heteroatoms. The van der Waals surface area contributed by atoms with Crippen molar-refractivity contribution < 1.29 is 9.72 Å². The highest BCUT2D eigenvalue weighted by atomic mass is 16.6. The van der Waals surface area contributed by atoms with Crippen LogP contribution in [0.1, 0.15) is 18.4 Å². The lowest BCUT2D eigenvalue weighted by Gasteiger charge is -2.33. The van der Waals surface area contributed by atoms with Crippen molar-refractivity contribution in [2.45, 2.75) is 19.4 Å². The van der Waals surface area contributed by atoms with Gasteiger partial charge in [-0.05, 0) is 36.6 Å². The molecule has 1 aromatic carbocycles. The summed E-state index contributed by atoms with van der Waals surface area (Å²) in [6.45, 7) is 1.92. The molecule has 1 saturated heterocycles. The zero-order valence-corrected chi connectivity index (χ0v) is 15.8. The molecule has 0 radical (unpaired) electrons. The Bertz CT molecular complexity index is 1030. The zero-order valence-electron chi connectivity index (χ0n) is 15.8. The average molecular weight is 391 g/mol. The highest BCUT2D eigenvalue weighted by molar-refractivity contribution is 5.99. The predicted molar refractivity (Wildman–Crippen MR) is 109 cm³/mol. The van der Waals surface area contributed by atoms with Gasteiger partial charge in [-0.1, -0.05) is 6.07 Å². The van der Waals surface area contributed by atoms with Crippen LogP contribution in [-0.2, 0) is 11.3 Å². The van der Waals surface area contributed by atoms with Gasteiger partial charge in [-0.15, -0.1) is 0 Å². The Kier molecular flexibility index (Phi) is 5.33. The van der Waals surface area contributed by atoms with Crippen molar-refractivity contribution in [3.05, 3.63) is 70.8 Å². The fraction of sp³-hybridized carbons (Fsp3) is 0.286. The van der Waals surface area contributed by atoms with Crippen molar-refractivity contribution in [3.8, 4) is 0 Å². The van der Waals surface area contributed by atoms with E-state index in [1.807, 2.05) is 18.2 Å². The highest BCUT2D eigenvalue weighted by Crippen LogP contribution is 2.34. The second-order valence-electron chi connectivity index (χ2n) is 7.12. The monoisotopic (exact) mass is 391 g/mol. The van der Waals surface area contributed by atoms with Crippen LogP contribution < -0.4 is 10.2 Å². The van der Waals surface area contributed by atoms with Crippen LogP contribution in [0.3, 0.4) is 0 Å². The predicted octanol–water partition coefficient (Wildman–Crippen LogP) is 3.07. The summed E-state index contributed by atoms with van der Waals surface area (Å²) in [5, 5.41) is 15.6. The Morgan fingerprint density at radius 2 is 1.90 bits per heavy atom. The maximum absolute atomic E-state index is 12.5. The highest BCUT2D eigenvalue weighted by Gasteiger charge is 2.26. The first-order valence-electron chi connectivity index (χ1n) is 9.56. The van der Waals surface area contributed by atoms with Crippen molar-refractivity contribution in [3.63, 3.8) is 0 Å². The maximum Gasteiger partial charge on any atom is 0.278 e. The molecular weight excluding hydrogens is 370 g/mol. The number of pyridine rings is 2. The first kappa shape index (κ1) is 18.8. The van der Waals surface area contributed by atoms with Gasteiger partial charge in [0, 0.05) is 67.5 Å². The first-order valence-corrected chi connectivity index (χ1v) is 9.56. The fourth-order valence-corrected chi connectivity index (χ4v) is 3.81. The Morgan fingerprint density at radius 1 is 1.10 bits per heavy atom. The Morgan fingerprint density at radius 3 is 2.62 bits per heavy atom. The third-order valence-electron chi connectivity index (χ3n) is 5.36. The van der Waals surface area contributed by atoms with Crippen molar-refractivity contribution in [2.75, 3.05) is 18.0 Å². The van der Waals surface area contributed by atoms with E-state index in [2.05, 4.69) is 20.2 Å². The lowest BCUT2D eigenvalue weighted by molar-refractivity contribution is -0.383. The summed E-state index contributed by atoms with van der Waals surface area (Å²) in [5.41, 5.74) is 1.98. The van der Waals surface area contributed by atoms with Crippen LogP contribution in [0, 0.1) is 16.0 Å². The molecule has 0 unspecified atom stereocenters. The molecule has 3 aromatic rings. The van der Waals surface area contributed by atoms with Crippen LogP contribution in [0.5, 0.6) is 0 Å². The van der Waals surface area contributed by atoms with Gasteiger partial charge in [0.25, 0.3) is 5.69 Å². The largest absolute Gasteiger partial charge is 0.371 e. The van der Waals surface area contributed by atoms with Gasteiger partial charge in [-0.2, -0.15) is 0 Å². The van der Waals surface area contributed by atoms with E-state index in [0.29, 0.717) is 11.9 Å². The van der Waals surface area contributed by atoms with E-state index in [4.69, 9.17) is 0 Å². The van der Waals surface area contributed by atoms with Gasteiger partial charge in [0.05, 0.1) is 10.3 Å². The summed E-state index contributed by atoms with van der Waals surface area (Å²) in [6, 6.07) is 8.92. The molecule has 3 heterocycles. The number of carbonyl (C=O) groups excluding carboxylic acids is 1. The van der Waals surface area contributed by atoms with Crippen LogP contribution in [-0.4, -0.2) is 33.9 Å². The lowest BCUT2D eigenvalue weighted by atomic mass is 9.94. The number of anilines is 1. The van der Waals surface area contributed by atoms with Crippen LogP contribution in [0.25, 0.3) is 10.8 Å². The standard InChI is InChI=1S/C21H21N5O3/c27-21(24-13-15-2-1-8-22-12-15)16-6-10-25(11-7-16)19-3-4-20(26(28)29)18-14-23-9-5-17(18)19/h1-5,8-9,12,14,16H,6-7,10-11,13H2,(H,24,27). The molecule has 1 N–H and O–H groups in total. The third kappa shape index (κ3) is 4.01. The van der Waals surface area contributed by atoms with Crippen LogP contribution in [0.15, 0.2) is 55.1 Å². The summed E-state index contributed by atoms with van der Waals surface area (Å²) < 4.78 is 0. The molecule has 4 rings (SSSR count). The fourth-order valence-electron chi connectivity index (χ4n) is 3.81. The Hall–Kier alpha value is -3.55. The van der Waals surface area contributed by atoms with E-state index in [1.54, 1.807) is 24.7 Å². The molecule has 0 spiro atoms. The maximum atomic E-state index is 12.5. The van der Waals surface area contributed by atoms with Gasteiger partial charge in [0.1, 0.15) is 0 Å². The number of piperidine rings is 1.